The number of hydrogen-bond acceptors (Lipinski definition) is 7. The van der Waals surface area contributed by atoms with Gasteiger partial charge in [-0.3, -0.25) is 15.3 Å². The predicted octanol–water partition coefficient (Wildman–Crippen LogP) is 3.70. The Bertz CT molecular complexity index is 967. The van der Waals surface area contributed by atoms with Crippen LogP contribution in [0.4, 0.5) is 10.5 Å². The molecule has 4 N–H and O–H groups in total. The molecule has 0 bridgehead atoms. The van der Waals surface area contributed by atoms with Crippen LogP contribution in [0.15, 0.2) is 60.7 Å². The van der Waals surface area contributed by atoms with Crippen LogP contribution in [-0.4, -0.2) is 35.5 Å². The summed E-state index contributed by atoms with van der Waals surface area (Å²) < 4.78 is 11.1. The summed E-state index contributed by atoms with van der Waals surface area (Å²) in [5.74, 6) is -0.141. The standard InChI is InChI=1S/C24H27N3O6/c1-17(4-2-3-5-22(29)27-31)23(19-8-12-21(13-9-19)32-15-14-28)33-24(30)26-20-10-6-18(16-25)7-11-20/h3,5-13,17,23,28,31H,2,4,14-15H2,1H3,(H,26,30)(H,27,29)/b5-3+/t17-,23+/m0/s1. The smallest absolute Gasteiger partial charge is 0.412 e. The molecule has 0 radical (unpaired) electrons. The lowest BCUT2D eigenvalue weighted by Gasteiger charge is -2.25. The van der Waals surface area contributed by atoms with E-state index in [2.05, 4.69) is 5.32 Å². The number of aliphatic hydroxyl groups is 1. The lowest BCUT2D eigenvalue weighted by molar-refractivity contribution is -0.124. The van der Waals surface area contributed by atoms with E-state index in [1.54, 1.807) is 54.6 Å². The molecule has 2 atom stereocenters. The maximum absolute atomic E-state index is 12.6. The Hall–Kier alpha value is -3.87. The zero-order valence-corrected chi connectivity index (χ0v) is 18.2. The Balaban J connectivity index is 2.11. The normalized spacial score (nSPS) is 12.4. The molecule has 2 aromatic rings. The average Bonchev–Trinajstić information content (AvgIpc) is 2.84. The molecule has 33 heavy (non-hydrogen) atoms. The number of anilines is 1. The van der Waals surface area contributed by atoms with Crippen molar-refractivity contribution in [1.29, 1.82) is 5.26 Å². The second kappa shape index (κ2) is 13.5. The van der Waals surface area contributed by atoms with Crippen LogP contribution >= 0.6 is 0 Å². The van der Waals surface area contributed by atoms with Gasteiger partial charge in [0.15, 0.2) is 0 Å². The first kappa shape index (κ1) is 25.4. The van der Waals surface area contributed by atoms with Gasteiger partial charge >= 0.3 is 6.09 Å². The van der Waals surface area contributed by atoms with Crippen molar-refractivity contribution in [1.82, 2.24) is 5.48 Å². The van der Waals surface area contributed by atoms with Crippen LogP contribution in [0.5, 0.6) is 5.75 Å². The molecule has 0 aliphatic rings. The Morgan fingerprint density at radius 3 is 2.45 bits per heavy atom. The van der Waals surface area contributed by atoms with Crippen LogP contribution in [0.3, 0.4) is 0 Å². The van der Waals surface area contributed by atoms with Crippen molar-refractivity contribution < 1.29 is 29.4 Å². The lowest BCUT2D eigenvalue weighted by atomic mass is 9.93. The SMILES string of the molecule is C[C@@H](CC/C=C/C(=O)NO)[C@@H](OC(=O)Nc1ccc(C#N)cc1)c1ccc(OCCO)cc1. The molecule has 0 heterocycles. The highest BCUT2D eigenvalue weighted by Crippen LogP contribution is 2.31. The summed E-state index contributed by atoms with van der Waals surface area (Å²) in [5, 5.41) is 29.0. The highest BCUT2D eigenvalue weighted by Gasteiger charge is 2.23. The summed E-state index contributed by atoms with van der Waals surface area (Å²) in [6.07, 6.45) is 2.76. The van der Waals surface area contributed by atoms with E-state index >= 15 is 0 Å². The number of carbonyl (C=O) groups excluding carboxylic acids is 2. The molecule has 9 nitrogen and oxygen atoms in total. The van der Waals surface area contributed by atoms with E-state index in [1.807, 2.05) is 13.0 Å². The molecular formula is C24H27N3O6. The van der Waals surface area contributed by atoms with Gasteiger partial charge in [-0.25, -0.2) is 10.3 Å². The molecule has 0 fully saturated rings. The first-order valence-electron chi connectivity index (χ1n) is 10.4. The topological polar surface area (TPSA) is 141 Å². The minimum Gasteiger partial charge on any atom is -0.491 e. The van der Waals surface area contributed by atoms with Crippen LogP contribution < -0.4 is 15.5 Å². The predicted molar refractivity (Wildman–Crippen MR) is 120 cm³/mol. The number of amides is 2. The molecule has 2 aromatic carbocycles. The minimum atomic E-state index is -0.646. The Labute approximate surface area is 192 Å². The number of hydroxylamine groups is 1. The largest absolute Gasteiger partial charge is 0.491 e. The number of nitrogens with one attached hydrogen (secondary N) is 2. The van der Waals surface area contributed by atoms with Gasteiger partial charge in [0.25, 0.3) is 5.91 Å². The van der Waals surface area contributed by atoms with Gasteiger partial charge in [-0.1, -0.05) is 25.1 Å². The fourth-order valence-corrected chi connectivity index (χ4v) is 3.06. The van der Waals surface area contributed by atoms with Gasteiger partial charge in [0.05, 0.1) is 18.2 Å². The Kier molecular flexibility index (Phi) is 10.4. The number of hydrogen-bond donors (Lipinski definition) is 4. The number of nitrogens with zero attached hydrogens (tertiary/aromatic N) is 1. The number of allylic oxidation sites excluding steroid dienone is 1. The third-order valence-electron chi connectivity index (χ3n) is 4.75. The average molecular weight is 453 g/mol. The quantitative estimate of drug-likeness (QED) is 0.231. The Morgan fingerprint density at radius 1 is 1.15 bits per heavy atom. The van der Waals surface area contributed by atoms with Crippen molar-refractivity contribution in [2.75, 3.05) is 18.5 Å². The zero-order chi connectivity index (χ0) is 24.1. The second-order valence-corrected chi connectivity index (χ2v) is 7.21. The summed E-state index contributed by atoms with van der Waals surface area (Å²) in [4.78, 5) is 23.7. The molecule has 0 unspecified atom stereocenters. The van der Waals surface area contributed by atoms with Gasteiger partial charge in [0, 0.05) is 11.8 Å². The molecule has 0 spiro atoms. The van der Waals surface area contributed by atoms with Crippen LogP contribution in [0.2, 0.25) is 0 Å². The van der Waals surface area contributed by atoms with Gasteiger partial charge < -0.3 is 14.6 Å². The molecule has 9 heteroatoms. The molecule has 0 saturated carbocycles. The van der Waals surface area contributed by atoms with Gasteiger partial charge in [-0.15, -0.1) is 0 Å². The summed E-state index contributed by atoms with van der Waals surface area (Å²) >= 11 is 0. The van der Waals surface area contributed by atoms with Crippen LogP contribution in [0, 0.1) is 17.2 Å². The van der Waals surface area contributed by atoms with Gasteiger partial charge in [-0.2, -0.15) is 5.26 Å². The molecule has 0 aliphatic carbocycles. The van der Waals surface area contributed by atoms with E-state index in [-0.39, 0.29) is 19.1 Å². The van der Waals surface area contributed by atoms with E-state index in [1.165, 1.54) is 11.6 Å². The Morgan fingerprint density at radius 2 is 1.85 bits per heavy atom. The summed E-state index contributed by atoms with van der Waals surface area (Å²) in [5.41, 5.74) is 3.26. The number of benzene rings is 2. The monoisotopic (exact) mass is 453 g/mol. The highest BCUT2D eigenvalue weighted by atomic mass is 16.6. The van der Waals surface area contributed by atoms with Crippen molar-refractivity contribution in [2.45, 2.75) is 25.9 Å². The van der Waals surface area contributed by atoms with Crippen molar-refractivity contribution >= 4 is 17.7 Å². The van der Waals surface area contributed by atoms with E-state index in [4.69, 9.17) is 25.0 Å². The van der Waals surface area contributed by atoms with E-state index in [9.17, 15) is 9.59 Å². The number of aliphatic hydroxyl groups excluding tert-OH is 1. The van der Waals surface area contributed by atoms with Gasteiger partial charge in [-0.05, 0) is 60.7 Å². The minimum absolute atomic E-state index is 0.0954. The fraction of sp³-hybridized carbons (Fsp3) is 0.292. The van der Waals surface area contributed by atoms with Gasteiger partial charge in [0.2, 0.25) is 0 Å². The molecule has 0 aliphatic heterocycles. The van der Waals surface area contributed by atoms with Crippen LogP contribution in [0.1, 0.15) is 37.0 Å². The number of carbonyl (C=O) groups is 2. The van der Waals surface area contributed by atoms with Gasteiger partial charge in [0.1, 0.15) is 18.5 Å². The highest BCUT2D eigenvalue weighted by molar-refractivity contribution is 5.86. The second-order valence-electron chi connectivity index (χ2n) is 7.21. The van der Waals surface area contributed by atoms with Crippen LogP contribution in [-0.2, 0) is 9.53 Å². The first-order valence-corrected chi connectivity index (χ1v) is 10.4. The van der Waals surface area contributed by atoms with Crippen molar-refractivity contribution in [3.05, 3.63) is 71.8 Å². The zero-order valence-electron chi connectivity index (χ0n) is 18.2. The summed E-state index contributed by atoms with van der Waals surface area (Å²) in [6, 6.07) is 15.5. The molecule has 0 aromatic heterocycles. The molecule has 2 amide bonds. The van der Waals surface area contributed by atoms with E-state index < -0.39 is 18.1 Å². The molecular weight excluding hydrogens is 426 g/mol. The van der Waals surface area contributed by atoms with Crippen molar-refractivity contribution in [3.63, 3.8) is 0 Å². The number of ether oxygens (including phenoxy) is 2. The maximum Gasteiger partial charge on any atom is 0.412 e. The van der Waals surface area contributed by atoms with Crippen molar-refractivity contribution in [3.8, 4) is 11.8 Å². The van der Waals surface area contributed by atoms with E-state index in [0.717, 1.165) is 5.56 Å². The van der Waals surface area contributed by atoms with E-state index in [0.29, 0.717) is 29.8 Å². The fourth-order valence-electron chi connectivity index (χ4n) is 3.06. The van der Waals surface area contributed by atoms with Crippen molar-refractivity contribution in [2.24, 2.45) is 5.92 Å². The number of rotatable bonds is 11. The first-order chi connectivity index (χ1) is 16.0. The molecule has 0 saturated heterocycles. The summed E-state index contributed by atoms with van der Waals surface area (Å²) in [6.45, 7) is 2.01. The third kappa shape index (κ3) is 8.65. The number of nitriles is 1. The third-order valence-corrected chi connectivity index (χ3v) is 4.75. The molecule has 2 rings (SSSR count). The van der Waals surface area contributed by atoms with Crippen LogP contribution in [0.25, 0.3) is 0 Å². The molecule has 174 valence electrons. The lowest BCUT2D eigenvalue weighted by Crippen LogP contribution is -2.22. The summed E-state index contributed by atoms with van der Waals surface area (Å²) in [7, 11) is 0. The maximum atomic E-state index is 12.6.